The van der Waals surface area contributed by atoms with Crippen LogP contribution < -0.4 is 0 Å². The monoisotopic (exact) mass is 421 g/mol. The maximum Gasteiger partial charge on any atom is 0.452 e. The number of aryl methyl sites for hydroxylation is 2. The van der Waals surface area contributed by atoms with Gasteiger partial charge < -0.3 is 10.2 Å². The molecule has 30 heavy (non-hydrogen) atoms. The van der Waals surface area contributed by atoms with E-state index in [-0.39, 0.29) is 12.3 Å². The molecule has 9 heteroatoms. The Morgan fingerprint density at radius 2 is 1.83 bits per heavy atom. The third kappa shape index (κ3) is 3.54. The van der Waals surface area contributed by atoms with Crippen LogP contribution in [-0.4, -0.2) is 30.8 Å². The first-order valence-electron chi connectivity index (χ1n) is 9.24. The summed E-state index contributed by atoms with van der Waals surface area (Å²) in [4.78, 5) is 12.1. The molecule has 0 fully saturated rings. The van der Waals surface area contributed by atoms with Gasteiger partial charge >= 0.3 is 12.1 Å². The lowest BCUT2D eigenvalue weighted by Gasteiger charge is -2.33. The number of alkyl halides is 3. The van der Waals surface area contributed by atoms with Crippen molar-refractivity contribution in [1.29, 1.82) is 0 Å². The maximum atomic E-state index is 13.2. The minimum atomic E-state index is -4.67. The molecule has 2 N–H and O–H groups in total. The number of carboxylic acid groups (broad SMARTS) is 1. The smallest absolute Gasteiger partial charge is 0.452 e. The zero-order valence-electron chi connectivity index (χ0n) is 16.9. The van der Waals surface area contributed by atoms with Gasteiger partial charge in [-0.2, -0.15) is 13.2 Å². The van der Waals surface area contributed by atoms with Crippen molar-refractivity contribution in [2.24, 2.45) is 5.41 Å². The number of aliphatic hydroxyl groups is 1. The van der Waals surface area contributed by atoms with Crippen LogP contribution in [0.4, 0.5) is 13.2 Å². The number of fused-ring (bicyclic) bond motifs is 1. The van der Waals surface area contributed by atoms with E-state index in [9.17, 15) is 28.2 Å². The molecule has 0 aliphatic rings. The second kappa shape index (κ2) is 7.39. The number of aliphatic carboxylic acids is 1. The molecular weight excluding hydrogens is 399 g/mol. The van der Waals surface area contributed by atoms with Crippen LogP contribution in [0.2, 0.25) is 0 Å². The minimum Gasteiger partial charge on any atom is -0.481 e. The molecule has 1 aromatic carbocycles. The fourth-order valence-electron chi connectivity index (χ4n) is 3.75. The summed E-state index contributed by atoms with van der Waals surface area (Å²) in [5.74, 6) is -2.90. The molecule has 0 unspecified atom stereocenters. The number of pyridine rings is 1. The summed E-state index contributed by atoms with van der Waals surface area (Å²) in [6.45, 7) is 6.35. The van der Waals surface area contributed by atoms with Gasteiger partial charge in [0.25, 0.3) is 0 Å². The number of rotatable bonds is 5. The van der Waals surface area contributed by atoms with Crippen LogP contribution in [0.3, 0.4) is 0 Å². The van der Waals surface area contributed by atoms with Gasteiger partial charge in [-0.3, -0.25) is 9.20 Å². The summed E-state index contributed by atoms with van der Waals surface area (Å²) >= 11 is 0. The Bertz CT molecular complexity index is 1120. The van der Waals surface area contributed by atoms with Gasteiger partial charge in [0.1, 0.15) is 0 Å². The molecule has 1 atom stereocenters. The van der Waals surface area contributed by atoms with E-state index >= 15 is 0 Å². The van der Waals surface area contributed by atoms with E-state index in [2.05, 4.69) is 10.2 Å². The number of hydrogen-bond acceptors (Lipinski definition) is 4. The van der Waals surface area contributed by atoms with Gasteiger partial charge in [-0.1, -0.05) is 18.2 Å². The summed E-state index contributed by atoms with van der Waals surface area (Å²) in [5, 5.41) is 26.5. The Morgan fingerprint density at radius 1 is 1.17 bits per heavy atom. The average Bonchev–Trinajstić information content (AvgIpc) is 3.10. The highest BCUT2D eigenvalue weighted by molar-refractivity contribution is 5.77. The molecule has 0 bridgehead atoms. The van der Waals surface area contributed by atoms with Crippen LogP contribution in [0.15, 0.2) is 30.5 Å². The van der Waals surface area contributed by atoms with Crippen LogP contribution in [0.1, 0.15) is 53.4 Å². The minimum absolute atomic E-state index is 0.0144. The lowest BCUT2D eigenvalue weighted by atomic mass is 9.70. The zero-order valence-corrected chi connectivity index (χ0v) is 16.9. The standard InChI is InChI=1S/C21H22F3N3O3/c1-11-5-6-13(9-14(11)10-28)16(20(3,4)19(29)30)15-7-8-27-17(12(15)2)25-26-18(27)21(22,23)24/h5-9,16,28H,10H2,1-4H3,(H,29,30)/t16-/m1/s1. The van der Waals surface area contributed by atoms with Crippen LogP contribution in [-0.2, 0) is 17.6 Å². The van der Waals surface area contributed by atoms with Gasteiger partial charge in [0.2, 0.25) is 5.82 Å². The van der Waals surface area contributed by atoms with Crippen molar-refractivity contribution in [1.82, 2.24) is 14.6 Å². The summed E-state index contributed by atoms with van der Waals surface area (Å²) in [7, 11) is 0. The lowest BCUT2D eigenvalue weighted by molar-refractivity contribution is -0.147. The highest BCUT2D eigenvalue weighted by Gasteiger charge is 2.41. The van der Waals surface area contributed by atoms with E-state index in [4.69, 9.17) is 0 Å². The second-order valence-electron chi connectivity index (χ2n) is 7.91. The van der Waals surface area contributed by atoms with Gasteiger partial charge in [0.15, 0.2) is 5.65 Å². The Labute approximate surface area is 171 Å². The van der Waals surface area contributed by atoms with E-state index < -0.39 is 29.3 Å². The summed E-state index contributed by atoms with van der Waals surface area (Å²) in [6.07, 6.45) is -3.45. The van der Waals surface area contributed by atoms with Crippen molar-refractivity contribution < 1.29 is 28.2 Å². The molecule has 0 spiro atoms. The van der Waals surface area contributed by atoms with Gasteiger partial charge in [-0.15, -0.1) is 10.2 Å². The number of nitrogens with zero attached hydrogens (tertiary/aromatic N) is 3. The lowest BCUT2D eigenvalue weighted by Crippen LogP contribution is -2.32. The second-order valence-corrected chi connectivity index (χ2v) is 7.91. The molecular formula is C21H22F3N3O3. The molecule has 0 radical (unpaired) electrons. The number of aliphatic hydroxyl groups excluding tert-OH is 1. The number of hydrogen-bond donors (Lipinski definition) is 2. The van der Waals surface area contributed by atoms with Gasteiger partial charge in [0.05, 0.1) is 12.0 Å². The number of carboxylic acids is 1. The van der Waals surface area contributed by atoms with Crippen LogP contribution in [0.5, 0.6) is 0 Å². The van der Waals surface area contributed by atoms with E-state index in [1.165, 1.54) is 12.3 Å². The molecule has 6 nitrogen and oxygen atoms in total. The maximum absolute atomic E-state index is 13.2. The number of carbonyl (C=O) groups is 1. The predicted octanol–water partition coefficient (Wildman–Crippen LogP) is 4.10. The fourth-order valence-corrected chi connectivity index (χ4v) is 3.75. The van der Waals surface area contributed by atoms with Crippen molar-refractivity contribution in [3.05, 3.63) is 64.1 Å². The van der Waals surface area contributed by atoms with Gasteiger partial charge in [-0.25, -0.2) is 0 Å². The van der Waals surface area contributed by atoms with Crippen molar-refractivity contribution >= 4 is 11.6 Å². The Hall–Kier alpha value is -2.94. The van der Waals surface area contributed by atoms with Crippen molar-refractivity contribution in [3.8, 4) is 0 Å². The van der Waals surface area contributed by atoms with E-state index in [1.807, 2.05) is 6.92 Å². The summed E-state index contributed by atoms with van der Waals surface area (Å²) in [5.41, 5.74) is 1.81. The molecule has 160 valence electrons. The summed E-state index contributed by atoms with van der Waals surface area (Å²) < 4.78 is 40.5. The zero-order chi connectivity index (χ0) is 22.4. The van der Waals surface area contributed by atoms with Crippen molar-refractivity contribution in [2.45, 2.75) is 46.4 Å². The quantitative estimate of drug-likeness (QED) is 0.648. The average molecular weight is 421 g/mol. The van der Waals surface area contributed by atoms with Gasteiger partial charge in [-0.05, 0) is 61.6 Å². The number of aromatic nitrogens is 3. The van der Waals surface area contributed by atoms with E-state index in [0.717, 1.165) is 9.96 Å². The molecule has 3 rings (SSSR count). The third-order valence-corrected chi connectivity index (χ3v) is 5.58. The molecule has 2 aromatic heterocycles. The Morgan fingerprint density at radius 3 is 2.40 bits per heavy atom. The highest BCUT2D eigenvalue weighted by Crippen LogP contribution is 2.43. The molecule has 0 aliphatic heterocycles. The van der Waals surface area contributed by atoms with Gasteiger partial charge in [0, 0.05) is 12.1 Å². The topological polar surface area (TPSA) is 87.7 Å². The molecule has 3 aromatic rings. The van der Waals surface area contributed by atoms with E-state index in [0.29, 0.717) is 22.3 Å². The number of halogens is 3. The van der Waals surface area contributed by atoms with E-state index in [1.54, 1.807) is 39.0 Å². The molecule has 0 saturated heterocycles. The Kier molecular flexibility index (Phi) is 5.36. The van der Waals surface area contributed by atoms with Crippen LogP contribution >= 0.6 is 0 Å². The first kappa shape index (κ1) is 21.8. The molecule has 0 saturated carbocycles. The van der Waals surface area contributed by atoms with Crippen LogP contribution in [0, 0.1) is 19.3 Å². The summed E-state index contributed by atoms with van der Waals surface area (Å²) in [6, 6.07) is 6.78. The van der Waals surface area contributed by atoms with Crippen molar-refractivity contribution in [3.63, 3.8) is 0 Å². The fraction of sp³-hybridized carbons (Fsp3) is 0.381. The highest BCUT2D eigenvalue weighted by atomic mass is 19.4. The predicted molar refractivity (Wildman–Crippen MR) is 103 cm³/mol. The normalized spacial score (nSPS) is 13.6. The third-order valence-electron chi connectivity index (χ3n) is 5.58. The van der Waals surface area contributed by atoms with Crippen molar-refractivity contribution in [2.75, 3.05) is 0 Å². The molecule has 0 aliphatic carbocycles. The molecule has 2 heterocycles. The van der Waals surface area contributed by atoms with Crippen LogP contribution in [0.25, 0.3) is 5.65 Å². The first-order valence-corrected chi connectivity index (χ1v) is 9.24. The first-order chi connectivity index (χ1) is 13.9. The molecule has 0 amide bonds. The largest absolute Gasteiger partial charge is 0.481 e. The Balaban J connectivity index is 2.28. The SMILES string of the molecule is Cc1ccc([C@H](c2ccn3c(C(F)(F)F)nnc3c2C)C(C)(C)C(=O)O)cc1CO. The number of benzene rings is 1.